The average Bonchev–Trinajstić information content (AvgIpc) is 3.13. The summed E-state index contributed by atoms with van der Waals surface area (Å²) in [6, 6.07) is 0. The molecule has 1 N–H and O–H groups in total. The van der Waals surface area contributed by atoms with E-state index in [0.29, 0.717) is 5.57 Å². The van der Waals surface area contributed by atoms with E-state index in [0.717, 1.165) is 6.92 Å². The number of rotatable bonds is 7. The zero-order chi connectivity index (χ0) is 32.4. The molecule has 2 fully saturated rings. The van der Waals surface area contributed by atoms with Gasteiger partial charge < -0.3 is 28.8 Å². The molecule has 0 amide bonds. The van der Waals surface area contributed by atoms with Crippen LogP contribution in [-0.4, -0.2) is 77.0 Å². The summed E-state index contributed by atoms with van der Waals surface area (Å²) in [6.07, 6.45) is -1.48. The fourth-order valence-electron chi connectivity index (χ4n) is 6.36. The van der Waals surface area contributed by atoms with Crippen molar-refractivity contribution in [2.24, 2.45) is 23.2 Å². The number of halogens is 1. The molecular formula is C31H41ClO11. The number of alkyl halides is 1. The summed E-state index contributed by atoms with van der Waals surface area (Å²) in [5.74, 6) is -5.91. The molecule has 0 unspecified atom stereocenters. The van der Waals surface area contributed by atoms with Crippen LogP contribution >= 0.6 is 11.6 Å². The molecule has 43 heavy (non-hydrogen) atoms. The van der Waals surface area contributed by atoms with Gasteiger partial charge in [-0.05, 0) is 37.3 Å². The van der Waals surface area contributed by atoms with Gasteiger partial charge in [-0.3, -0.25) is 19.2 Å². The Labute approximate surface area is 256 Å². The minimum atomic E-state index is -2.20. The van der Waals surface area contributed by atoms with Gasteiger partial charge in [-0.1, -0.05) is 45.6 Å². The van der Waals surface area contributed by atoms with Gasteiger partial charge >= 0.3 is 29.8 Å². The minimum Gasteiger partial charge on any atom is -0.462 e. The maximum Gasteiger partial charge on any atom is 0.344 e. The highest BCUT2D eigenvalue weighted by molar-refractivity contribution is 6.23. The van der Waals surface area contributed by atoms with Crippen LogP contribution in [0.25, 0.3) is 0 Å². The normalized spacial score (nSPS) is 36.5. The molecule has 0 aromatic rings. The average molecular weight is 625 g/mol. The van der Waals surface area contributed by atoms with Crippen molar-refractivity contribution in [3.63, 3.8) is 0 Å². The summed E-state index contributed by atoms with van der Waals surface area (Å²) < 4.78 is 28.2. The Balaban J connectivity index is 2.23. The van der Waals surface area contributed by atoms with Gasteiger partial charge in [0.1, 0.15) is 18.3 Å². The first-order valence-corrected chi connectivity index (χ1v) is 14.7. The third kappa shape index (κ3) is 6.82. The van der Waals surface area contributed by atoms with Crippen molar-refractivity contribution < 1.29 is 52.8 Å². The third-order valence-electron chi connectivity index (χ3n) is 8.54. The van der Waals surface area contributed by atoms with E-state index >= 15 is 0 Å². The molecular weight excluding hydrogens is 584 g/mol. The van der Waals surface area contributed by atoms with E-state index in [9.17, 15) is 29.1 Å². The number of ether oxygens (including phenoxy) is 5. The second-order valence-corrected chi connectivity index (χ2v) is 12.6. The van der Waals surface area contributed by atoms with Crippen LogP contribution in [0.3, 0.4) is 0 Å². The van der Waals surface area contributed by atoms with E-state index in [-0.39, 0.29) is 30.8 Å². The molecule has 2 aliphatic carbocycles. The van der Waals surface area contributed by atoms with E-state index in [1.54, 1.807) is 6.92 Å². The molecule has 12 heteroatoms. The lowest BCUT2D eigenvalue weighted by atomic mass is 9.55. The fourth-order valence-corrected chi connectivity index (χ4v) is 6.68. The molecule has 0 aromatic heterocycles. The topological polar surface area (TPSA) is 152 Å². The van der Waals surface area contributed by atoms with Gasteiger partial charge in [-0.2, -0.15) is 0 Å². The predicted octanol–water partition coefficient (Wildman–Crippen LogP) is 3.35. The summed E-state index contributed by atoms with van der Waals surface area (Å²) >= 11 is 6.73. The van der Waals surface area contributed by atoms with Crippen LogP contribution in [0.2, 0.25) is 0 Å². The SMILES string of the molecule is C=C1CC[C@H](OC(C)=O)[C@]2(C)[C@@H](OC(=O)COC(=O)CC(C)C)/C=C/C(=C)[C@H](Cl)[C@@H]3OC(=O)[C@H](C)[C@@]3(O)[C@@H](OC(C)=O)[C@@H]12. The number of hydrogen-bond acceptors (Lipinski definition) is 11. The fraction of sp³-hybridized carbons (Fsp3) is 0.645. The second kappa shape index (κ2) is 13.2. The number of fused-ring (bicyclic) bond motifs is 2. The quantitative estimate of drug-likeness (QED) is 0.192. The number of allylic oxidation sites excluding steroid dienone is 1. The van der Waals surface area contributed by atoms with Crippen LogP contribution in [0.5, 0.6) is 0 Å². The van der Waals surface area contributed by atoms with E-state index < -0.39 is 89.1 Å². The first-order chi connectivity index (χ1) is 19.9. The van der Waals surface area contributed by atoms with E-state index in [2.05, 4.69) is 13.2 Å². The van der Waals surface area contributed by atoms with Crippen LogP contribution in [0.1, 0.15) is 60.8 Å². The van der Waals surface area contributed by atoms with E-state index in [1.165, 1.54) is 26.0 Å². The van der Waals surface area contributed by atoms with Gasteiger partial charge in [0.05, 0.1) is 16.7 Å². The molecule has 1 saturated heterocycles. The Bertz CT molecular complexity index is 1210. The lowest BCUT2D eigenvalue weighted by Gasteiger charge is -2.55. The lowest BCUT2D eigenvalue weighted by molar-refractivity contribution is -0.218. The van der Waals surface area contributed by atoms with Crippen LogP contribution in [0.15, 0.2) is 36.5 Å². The second-order valence-electron chi connectivity index (χ2n) is 12.1. The number of carbonyl (C=O) groups excluding carboxylic acids is 5. The van der Waals surface area contributed by atoms with Crippen molar-refractivity contribution in [1.29, 1.82) is 0 Å². The highest BCUT2D eigenvalue weighted by Crippen LogP contribution is 2.56. The minimum absolute atomic E-state index is 0.0124. The highest BCUT2D eigenvalue weighted by atomic mass is 35.5. The Morgan fingerprint density at radius 3 is 2.33 bits per heavy atom. The van der Waals surface area contributed by atoms with Gasteiger partial charge in [-0.15, -0.1) is 11.6 Å². The number of aliphatic hydroxyl groups is 1. The van der Waals surface area contributed by atoms with Crippen molar-refractivity contribution in [2.45, 2.75) is 96.2 Å². The number of esters is 5. The summed E-state index contributed by atoms with van der Waals surface area (Å²) in [7, 11) is 0. The Kier molecular flexibility index (Phi) is 10.5. The molecule has 1 saturated carbocycles. The highest BCUT2D eigenvalue weighted by Gasteiger charge is 2.69. The van der Waals surface area contributed by atoms with Crippen LogP contribution < -0.4 is 0 Å². The summed E-state index contributed by atoms with van der Waals surface area (Å²) in [5, 5.41) is 11.2. The zero-order valence-corrected chi connectivity index (χ0v) is 26.2. The number of carbonyl (C=O) groups is 5. The zero-order valence-electron chi connectivity index (χ0n) is 25.4. The smallest absolute Gasteiger partial charge is 0.344 e. The van der Waals surface area contributed by atoms with Crippen molar-refractivity contribution in [1.82, 2.24) is 0 Å². The first kappa shape index (κ1) is 34.3. The first-order valence-electron chi connectivity index (χ1n) is 14.3. The molecule has 238 valence electrons. The van der Waals surface area contributed by atoms with Gasteiger partial charge in [0.15, 0.2) is 18.3 Å². The van der Waals surface area contributed by atoms with Crippen molar-refractivity contribution in [3.05, 3.63) is 36.5 Å². The van der Waals surface area contributed by atoms with Crippen molar-refractivity contribution in [2.75, 3.05) is 6.61 Å². The molecule has 1 aliphatic heterocycles. The van der Waals surface area contributed by atoms with Crippen LogP contribution in [0.4, 0.5) is 0 Å². The molecule has 0 bridgehead atoms. The summed E-state index contributed by atoms with van der Waals surface area (Å²) in [4.78, 5) is 63.1. The van der Waals surface area contributed by atoms with Crippen molar-refractivity contribution in [3.8, 4) is 0 Å². The summed E-state index contributed by atoms with van der Waals surface area (Å²) in [5.41, 5.74) is -2.96. The van der Waals surface area contributed by atoms with Gasteiger partial charge in [0, 0.05) is 26.2 Å². The Hall–Kier alpha value is -3.18. The molecule has 0 aromatic carbocycles. The van der Waals surface area contributed by atoms with Crippen LogP contribution in [0, 0.1) is 23.2 Å². The predicted molar refractivity (Wildman–Crippen MR) is 153 cm³/mol. The lowest BCUT2D eigenvalue weighted by Crippen LogP contribution is -2.66. The van der Waals surface area contributed by atoms with Gasteiger partial charge in [0.2, 0.25) is 0 Å². The molecule has 1 heterocycles. The molecule has 9 atom stereocenters. The Morgan fingerprint density at radius 2 is 1.74 bits per heavy atom. The Morgan fingerprint density at radius 1 is 1.12 bits per heavy atom. The van der Waals surface area contributed by atoms with E-state index in [1.807, 2.05) is 13.8 Å². The molecule has 3 rings (SSSR count). The number of hydrogen-bond donors (Lipinski definition) is 1. The summed E-state index contributed by atoms with van der Waals surface area (Å²) in [6.45, 7) is 16.6. The van der Waals surface area contributed by atoms with E-state index in [4.69, 9.17) is 35.3 Å². The molecule has 3 aliphatic rings. The molecule has 0 spiro atoms. The third-order valence-corrected chi connectivity index (χ3v) is 9.05. The monoisotopic (exact) mass is 624 g/mol. The van der Waals surface area contributed by atoms with Gasteiger partial charge in [0.25, 0.3) is 0 Å². The van der Waals surface area contributed by atoms with Crippen LogP contribution in [-0.2, 0) is 47.7 Å². The maximum atomic E-state index is 13.1. The molecule has 11 nitrogen and oxygen atoms in total. The maximum absolute atomic E-state index is 13.1. The largest absolute Gasteiger partial charge is 0.462 e. The van der Waals surface area contributed by atoms with Gasteiger partial charge in [-0.25, -0.2) is 4.79 Å². The van der Waals surface area contributed by atoms with Crippen molar-refractivity contribution >= 4 is 41.4 Å². The molecule has 0 radical (unpaired) electrons. The standard InChI is InChI=1S/C31H41ClO11/c1-15(2)13-23(35)39-14-24(36)42-22-12-10-17(4)26(32)28-31(38,18(5)29(37)43-28)27(41-20(7)34)25-16(3)9-11-21(30(22,25)8)40-19(6)33/h10,12,15,18,21-22,25-28,38H,3-4,9,11,13-14H2,1-2,5-8H3/b12-10+/t18-,21-,22-,25+,26-,27-,28-,30+,31+/m0/s1.